The zero-order valence-electron chi connectivity index (χ0n) is 9.23. The number of carbonyl (C=O) groups is 1. The van der Waals surface area contributed by atoms with Crippen molar-refractivity contribution in [1.82, 2.24) is 0 Å². The molecule has 0 heterocycles. The molecule has 0 saturated carbocycles. The Morgan fingerprint density at radius 2 is 1.73 bits per heavy atom. The third kappa shape index (κ3) is 7.99. The summed E-state index contributed by atoms with van der Waals surface area (Å²) in [6.07, 6.45) is 0. The predicted molar refractivity (Wildman–Crippen MR) is 59.9 cm³/mol. The van der Waals surface area contributed by atoms with Gasteiger partial charge in [-0.3, -0.25) is 18.4 Å². The van der Waals surface area contributed by atoms with Crippen LogP contribution in [-0.4, -0.2) is 30.7 Å². The summed E-state index contributed by atoms with van der Waals surface area (Å²) in [5.74, 6) is 0.444. The maximum Gasteiger partial charge on any atom is 0.474 e. The molecule has 0 aliphatic rings. The smallest absolute Gasteiger partial charge is 0.288 e. The maximum absolute atomic E-state index is 11.7. The molecule has 0 saturated heterocycles. The van der Waals surface area contributed by atoms with Gasteiger partial charge in [-0.25, -0.2) is 4.57 Å². The molecule has 0 spiro atoms. The fourth-order valence-corrected chi connectivity index (χ4v) is 2.51. The van der Waals surface area contributed by atoms with Crippen LogP contribution in [0.3, 0.4) is 0 Å². The molecule has 0 N–H and O–H groups in total. The lowest BCUT2D eigenvalue weighted by Crippen LogP contribution is -2.03. The standard InChI is InChI=1S/C8H17O5PS/c1-4-11-14(10,12-5-2)13-6-7-15-8(3)9/h4-7H2,1-3H3. The van der Waals surface area contributed by atoms with Gasteiger partial charge in [0.15, 0.2) is 5.12 Å². The van der Waals surface area contributed by atoms with Gasteiger partial charge in [-0.05, 0) is 13.8 Å². The molecule has 90 valence electrons. The summed E-state index contributed by atoms with van der Waals surface area (Å²) in [6.45, 7) is 5.57. The summed E-state index contributed by atoms with van der Waals surface area (Å²) in [7, 11) is -3.40. The Hall–Kier alpha value is 0.130. The van der Waals surface area contributed by atoms with E-state index in [9.17, 15) is 9.36 Å². The molecule has 0 rings (SSSR count). The zero-order valence-corrected chi connectivity index (χ0v) is 10.9. The number of carbonyl (C=O) groups excluding carboxylic acids is 1. The van der Waals surface area contributed by atoms with E-state index < -0.39 is 7.82 Å². The molecule has 0 aromatic rings. The van der Waals surface area contributed by atoms with Crippen molar-refractivity contribution in [3.63, 3.8) is 0 Å². The summed E-state index contributed by atoms with van der Waals surface area (Å²) in [4.78, 5) is 10.6. The van der Waals surface area contributed by atoms with E-state index in [-0.39, 0.29) is 24.9 Å². The molecule has 0 amide bonds. The van der Waals surface area contributed by atoms with Gasteiger partial charge in [0.05, 0.1) is 19.8 Å². The van der Waals surface area contributed by atoms with Crippen molar-refractivity contribution in [3.8, 4) is 0 Å². The third-order valence-electron chi connectivity index (χ3n) is 1.21. The van der Waals surface area contributed by atoms with Gasteiger partial charge in [0.25, 0.3) is 0 Å². The lowest BCUT2D eigenvalue weighted by Gasteiger charge is -2.15. The highest BCUT2D eigenvalue weighted by Gasteiger charge is 2.24. The Labute approximate surface area is 94.5 Å². The summed E-state index contributed by atoms with van der Waals surface area (Å²) < 4.78 is 26.5. The maximum atomic E-state index is 11.7. The van der Waals surface area contributed by atoms with Crippen molar-refractivity contribution >= 4 is 24.7 Å². The van der Waals surface area contributed by atoms with Crippen LogP contribution in [-0.2, 0) is 22.9 Å². The van der Waals surface area contributed by atoms with Crippen molar-refractivity contribution in [1.29, 1.82) is 0 Å². The number of thioether (sulfide) groups is 1. The van der Waals surface area contributed by atoms with E-state index in [4.69, 9.17) is 13.6 Å². The molecular formula is C8H17O5PS. The summed E-state index contributed by atoms with van der Waals surface area (Å²) in [5.41, 5.74) is 0. The number of rotatable bonds is 8. The SMILES string of the molecule is CCOP(=O)(OCC)OCCSC(C)=O. The molecule has 7 heteroatoms. The highest BCUT2D eigenvalue weighted by atomic mass is 32.2. The average Bonchev–Trinajstić information content (AvgIpc) is 2.13. The molecule has 0 unspecified atom stereocenters. The van der Waals surface area contributed by atoms with Crippen LogP contribution in [0.15, 0.2) is 0 Å². The molecule has 5 nitrogen and oxygen atoms in total. The van der Waals surface area contributed by atoms with Crippen LogP contribution in [0.4, 0.5) is 0 Å². The largest absolute Gasteiger partial charge is 0.474 e. The molecule has 0 aliphatic heterocycles. The van der Waals surface area contributed by atoms with Crippen LogP contribution >= 0.6 is 19.6 Å². The monoisotopic (exact) mass is 256 g/mol. The first-order valence-electron chi connectivity index (χ1n) is 4.71. The normalized spacial score (nSPS) is 11.7. The number of phosphoric ester groups is 1. The Kier molecular flexibility index (Phi) is 8.37. The Bertz CT molecular complexity index is 223. The second-order valence-electron chi connectivity index (χ2n) is 2.46. The fourth-order valence-electron chi connectivity index (χ4n) is 0.762. The molecule has 0 aliphatic carbocycles. The van der Waals surface area contributed by atoms with E-state index in [1.807, 2.05) is 0 Å². The van der Waals surface area contributed by atoms with Gasteiger partial charge in [-0.1, -0.05) is 11.8 Å². The van der Waals surface area contributed by atoms with Gasteiger partial charge in [-0.15, -0.1) is 0 Å². The van der Waals surface area contributed by atoms with Gasteiger partial charge >= 0.3 is 7.82 Å². The van der Waals surface area contributed by atoms with E-state index in [0.29, 0.717) is 5.75 Å². The Morgan fingerprint density at radius 1 is 1.20 bits per heavy atom. The second kappa shape index (κ2) is 8.30. The van der Waals surface area contributed by atoms with E-state index in [0.717, 1.165) is 11.8 Å². The van der Waals surface area contributed by atoms with Crippen molar-refractivity contribution in [2.24, 2.45) is 0 Å². The highest BCUT2D eigenvalue weighted by molar-refractivity contribution is 8.13. The molecule has 0 atom stereocenters. The first kappa shape index (κ1) is 15.1. The number of hydrogen-bond acceptors (Lipinski definition) is 6. The minimum Gasteiger partial charge on any atom is -0.288 e. The van der Waals surface area contributed by atoms with Crippen LogP contribution in [0.1, 0.15) is 20.8 Å². The minimum absolute atomic E-state index is 0.00116. The minimum atomic E-state index is -3.40. The van der Waals surface area contributed by atoms with Crippen LogP contribution < -0.4 is 0 Å². The second-order valence-corrected chi connectivity index (χ2v) is 5.40. The quantitative estimate of drug-likeness (QED) is 0.491. The third-order valence-corrected chi connectivity index (χ3v) is 3.64. The lowest BCUT2D eigenvalue weighted by atomic mass is 10.9. The van der Waals surface area contributed by atoms with Crippen molar-refractivity contribution < 1.29 is 22.9 Å². The van der Waals surface area contributed by atoms with E-state index in [1.165, 1.54) is 6.92 Å². The molecule has 0 aromatic carbocycles. The topological polar surface area (TPSA) is 61.8 Å². The van der Waals surface area contributed by atoms with Crippen LogP contribution in [0.5, 0.6) is 0 Å². The molecule has 0 fully saturated rings. The molecular weight excluding hydrogens is 239 g/mol. The molecule has 0 bridgehead atoms. The fraction of sp³-hybridized carbons (Fsp3) is 0.875. The van der Waals surface area contributed by atoms with Crippen molar-refractivity contribution in [2.75, 3.05) is 25.6 Å². The Morgan fingerprint density at radius 3 is 2.13 bits per heavy atom. The van der Waals surface area contributed by atoms with Gasteiger partial charge in [0, 0.05) is 12.7 Å². The van der Waals surface area contributed by atoms with Crippen molar-refractivity contribution in [2.45, 2.75) is 20.8 Å². The van der Waals surface area contributed by atoms with Crippen LogP contribution in [0.25, 0.3) is 0 Å². The van der Waals surface area contributed by atoms with Gasteiger partial charge in [-0.2, -0.15) is 0 Å². The van der Waals surface area contributed by atoms with E-state index >= 15 is 0 Å². The summed E-state index contributed by atoms with van der Waals surface area (Å²) in [6, 6.07) is 0. The predicted octanol–water partition coefficient (Wildman–Crippen LogP) is 2.46. The molecule has 0 aromatic heterocycles. The zero-order chi connectivity index (χ0) is 11.7. The molecule has 15 heavy (non-hydrogen) atoms. The molecule has 0 radical (unpaired) electrons. The van der Waals surface area contributed by atoms with Gasteiger partial charge in [0.1, 0.15) is 0 Å². The van der Waals surface area contributed by atoms with Crippen molar-refractivity contribution in [3.05, 3.63) is 0 Å². The number of hydrogen-bond donors (Lipinski definition) is 0. The Balaban J connectivity index is 3.85. The summed E-state index contributed by atoms with van der Waals surface area (Å²) in [5, 5.41) is 0.00116. The van der Waals surface area contributed by atoms with E-state index in [2.05, 4.69) is 0 Å². The highest BCUT2D eigenvalue weighted by Crippen LogP contribution is 2.49. The van der Waals surface area contributed by atoms with Gasteiger partial charge < -0.3 is 0 Å². The van der Waals surface area contributed by atoms with Crippen LogP contribution in [0, 0.1) is 0 Å². The first-order chi connectivity index (χ1) is 7.04. The summed E-state index contributed by atoms with van der Waals surface area (Å²) >= 11 is 1.11. The van der Waals surface area contributed by atoms with Gasteiger partial charge in [0.2, 0.25) is 0 Å². The van der Waals surface area contributed by atoms with Crippen LogP contribution in [0.2, 0.25) is 0 Å². The lowest BCUT2D eigenvalue weighted by molar-refractivity contribution is -0.109. The average molecular weight is 256 g/mol. The van der Waals surface area contributed by atoms with E-state index in [1.54, 1.807) is 13.8 Å². The first-order valence-corrected chi connectivity index (χ1v) is 7.15. The number of phosphoric acid groups is 1.